The summed E-state index contributed by atoms with van der Waals surface area (Å²) >= 11 is 0. The molecule has 0 radical (unpaired) electrons. The van der Waals surface area contributed by atoms with Crippen LogP contribution in [-0.2, 0) is 0 Å². The standard InChI is InChI=1S/C25H25N3O3/c29-18-11-7-16(8-12-18)20-4-3-15-26-25(20)31-19-13-9-17(10-14-19)23(30)24-27-21-5-1-2-6-22(21)28-24/h1-6,9-10,13-16,18,24,27-29H,7-8,11-12H2. The third-order valence-electron chi connectivity index (χ3n) is 6.08. The maximum absolute atomic E-state index is 12.9. The molecule has 3 aromatic rings. The minimum Gasteiger partial charge on any atom is -0.439 e. The molecule has 1 aliphatic heterocycles. The molecule has 2 heterocycles. The van der Waals surface area contributed by atoms with Gasteiger partial charge in [0, 0.05) is 17.3 Å². The average molecular weight is 415 g/mol. The van der Waals surface area contributed by atoms with Crippen molar-refractivity contribution in [1.29, 1.82) is 0 Å². The Balaban J connectivity index is 1.28. The number of carbonyl (C=O) groups excluding carboxylic acids is 1. The number of ketones is 1. The summed E-state index contributed by atoms with van der Waals surface area (Å²) in [6, 6.07) is 18.9. The monoisotopic (exact) mass is 415 g/mol. The van der Waals surface area contributed by atoms with Gasteiger partial charge in [-0.05, 0) is 74.1 Å². The van der Waals surface area contributed by atoms with Crippen molar-refractivity contribution >= 4 is 17.2 Å². The SMILES string of the molecule is O=C(c1ccc(Oc2ncccc2C2CCC(O)CC2)cc1)C1Nc2ccccc2N1. The first-order valence-electron chi connectivity index (χ1n) is 10.7. The van der Waals surface area contributed by atoms with Gasteiger partial charge in [-0.2, -0.15) is 0 Å². The first-order chi connectivity index (χ1) is 15.2. The highest BCUT2D eigenvalue weighted by Gasteiger charge is 2.27. The first kappa shape index (κ1) is 19.6. The van der Waals surface area contributed by atoms with Gasteiger partial charge in [-0.25, -0.2) is 4.98 Å². The van der Waals surface area contributed by atoms with E-state index in [-0.39, 0.29) is 11.9 Å². The van der Waals surface area contributed by atoms with Gasteiger partial charge in [0.1, 0.15) is 5.75 Å². The quantitative estimate of drug-likeness (QED) is 0.512. The molecular formula is C25H25N3O3. The summed E-state index contributed by atoms with van der Waals surface area (Å²) in [5, 5.41) is 16.2. The maximum atomic E-state index is 12.9. The Labute approximate surface area is 181 Å². The highest BCUT2D eigenvalue weighted by Crippen LogP contribution is 2.38. The Morgan fingerprint density at radius 3 is 2.26 bits per heavy atom. The van der Waals surface area contributed by atoms with E-state index in [4.69, 9.17) is 4.74 Å². The number of benzene rings is 2. The van der Waals surface area contributed by atoms with Crippen LogP contribution in [0.1, 0.15) is 47.5 Å². The lowest BCUT2D eigenvalue weighted by atomic mass is 9.83. The fourth-order valence-corrected chi connectivity index (χ4v) is 4.36. The molecule has 2 aromatic carbocycles. The lowest BCUT2D eigenvalue weighted by Gasteiger charge is -2.26. The largest absolute Gasteiger partial charge is 0.439 e. The van der Waals surface area contributed by atoms with E-state index in [0.29, 0.717) is 23.1 Å². The molecule has 31 heavy (non-hydrogen) atoms. The molecule has 6 heteroatoms. The van der Waals surface area contributed by atoms with Crippen molar-refractivity contribution in [2.24, 2.45) is 0 Å². The lowest BCUT2D eigenvalue weighted by molar-refractivity contribution is 0.0980. The molecule has 1 aliphatic carbocycles. The first-order valence-corrected chi connectivity index (χ1v) is 10.7. The number of rotatable bonds is 5. The molecule has 1 aromatic heterocycles. The van der Waals surface area contributed by atoms with Crippen molar-refractivity contribution in [2.45, 2.75) is 43.9 Å². The molecule has 3 N–H and O–H groups in total. The van der Waals surface area contributed by atoms with Crippen LogP contribution in [0.3, 0.4) is 0 Å². The van der Waals surface area contributed by atoms with Crippen molar-refractivity contribution in [3.8, 4) is 11.6 Å². The third kappa shape index (κ3) is 4.11. The number of Topliss-reactive ketones (excluding diaryl/α,β-unsaturated/α-hetero) is 1. The fourth-order valence-electron chi connectivity index (χ4n) is 4.36. The van der Waals surface area contributed by atoms with Crippen molar-refractivity contribution in [3.63, 3.8) is 0 Å². The van der Waals surface area contributed by atoms with E-state index in [2.05, 4.69) is 21.7 Å². The molecule has 0 saturated heterocycles. The van der Waals surface area contributed by atoms with Crippen LogP contribution in [0.25, 0.3) is 0 Å². The number of fused-ring (bicyclic) bond motifs is 1. The molecular weight excluding hydrogens is 390 g/mol. The number of carbonyl (C=O) groups is 1. The van der Waals surface area contributed by atoms with E-state index in [1.165, 1.54) is 0 Å². The number of hydrogen-bond acceptors (Lipinski definition) is 6. The van der Waals surface area contributed by atoms with Crippen LogP contribution >= 0.6 is 0 Å². The van der Waals surface area contributed by atoms with Gasteiger partial charge in [0.2, 0.25) is 11.7 Å². The number of pyridine rings is 1. The van der Waals surface area contributed by atoms with E-state index in [9.17, 15) is 9.90 Å². The Morgan fingerprint density at radius 2 is 1.58 bits per heavy atom. The summed E-state index contributed by atoms with van der Waals surface area (Å²) in [6.07, 6.45) is 4.53. The summed E-state index contributed by atoms with van der Waals surface area (Å²) in [5.74, 6) is 1.55. The minimum atomic E-state index is -0.479. The number of nitrogens with one attached hydrogen (secondary N) is 2. The summed E-state index contributed by atoms with van der Waals surface area (Å²) in [5.41, 5.74) is 3.54. The van der Waals surface area contributed by atoms with Crippen LogP contribution in [0.5, 0.6) is 11.6 Å². The molecule has 1 saturated carbocycles. The van der Waals surface area contributed by atoms with Crippen molar-refractivity contribution in [3.05, 3.63) is 78.0 Å². The normalized spacial score (nSPS) is 20.4. The maximum Gasteiger partial charge on any atom is 0.222 e. The van der Waals surface area contributed by atoms with E-state index < -0.39 is 6.17 Å². The molecule has 0 unspecified atom stereocenters. The smallest absolute Gasteiger partial charge is 0.222 e. The van der Waals surface area contributed by atoms with Gasteiger partial charge >= 0.3 is 0 Å². The number of ether oxygens (including phenoxy) is 1. The second kappa shape index (κ2) is 8.40. The molecule has 1 fully saturated rings. The second-order valence-electron chi connectivity index (χ2n) is 8.16. The Kier molecular flexibility index (Phi) is 5.30. The Hall–Kier alpha value is -3.38. The van der Waals surface area contributed by atoms with Gasteiger partial charge in [-0.1, -0.05) is 18.2 Å². The predicted molar refractivity (Wildman–Crippen MR) is 120 cm³/mol. The topological polar surface area (TPSA) is 83.5 Å². The summed E-state index contributed by atoms with van der Waals surface area (Å²) in [7, 11) is 0. The van der Waals surface area contributed by atoms with Crippen LogP contribution in [0, 0.1) is 0 Å². The number of aliphatic hydroxyl groups is 1. The van der Waals surface area contributed by atoms with Crippen LogP contribution in [-0.4, -0.2) is 28.1 Å². The lowest BCUT2D eigenvalue weighted by Crippen LogP contribution is -2.32. The van der Waals surface area contributed by atoms with Gasteiger partial charge in [-0.15, -0.1) is 0 Å². The van der Waals surface area contributed by atoms with Gasteiger partial charge in [0.25, 0.3) is 0 Å². The molecule has 2 aliphatic rings. The molecule has 0 amide bonds. The number of hydrogen-bond donors (Lipinski definition) is 3. The van der Waals surface area contributed by atoms with Crippen LogP contribution in [0.15, 0.2) is 66.9 Å². The highest BCUT2D eigenvalue weighted by molar-refractivity contribution is 6.05. The second-order valence-corrected chi connectivity index (χ2v) is 8.16. The van der Waals surface area contributed by atoms with Gasteiger partial charge < -0.3 is 20.5 Å². The zero-order valence-electron chi connectivity index (χ0n) is 17.1. The number of nitrogens with zero attached hydrogens (tertiary/aromatic N) is 1. The van der Waals surface area contributed by atoms with E-state index in [0.717, 1.165) is 42.6 Å². The van der Waals surface area contributed by atoms with Crippen LogP contribution in [0.2, 0.25) is 0 Å². The van der Waals surface area contributed by atoms with Crippen LogP contribution in [0.4, 0.5) is 11.4 Å². The van der Waals surface area contributed by atoms with Crippen LogP contribution < -0.4 is 15.4 Å². The number of aliphatic hydroxyl groups excluding tert-OH is 1. The predicted octanol–water partition coefficient (Wildman–Crippen LogP) is 4.94. The van der Waals surface area contributed by atoms with E-state index in [1.807, 2.05) is 30.3 Å². The zero-order valence-corrected chi connectivity index (χ0v) is 17.1. The summed E-state index contributed by atoms with van der Waals surface area (Å²) in [6.45, 7) is 0. The number of anilines is 2. The molecule has 5 rings (SSSR count). The summed E-state index contributed by atoms with van der Waals surface area (Å²) < 4.78 is 6.08. The van der Waals surface area contributed by atoms with Gasteiger partial charge in [0.15, 0.2) is 6.17 Å². The average Bonchev–Trinajstić information content (AvgIpc) is 3.25. The van der Waals surface area contributed by atoms with Crippen molar-refractivity contribution < 1.29 is 14.6 Å². The Morgan fingerprint density at radius 1 is 0.903 bits per heavy atom. The van der Waals surface area contributed by atoms with Gasteiger partial charge in [0.05, 0.1) is 17.5 Å². The highest BCUT2D eigenvalue weighted by atomic mass is 16.5. The van der Waals surface area contributed by atoms with E-state index >= 15 is 0 Å². The molecule has 0 spiro atoms. The molecule has 0 atom stereocenters. The van der Waals surface area contributed by atoms with Crippen molar-refractivity contribution in [2.75, 3.05) is 10.6 Å². The molecule has 6 nitrogen and oxygen atoms in total. The summed E-state index contributed by atoms with van der Waals surface area (Å²) in [4.78, 5) is 17.3. The number of para-hydroxylation sites is 2. The van der Waals surface area contributed by atoms with E-state index in [1.54, 1.807) is 30.5 Å². The third-order valence-corrected chi connectivity index (χ3v) is 6.08. The molecule has 158 valence electrons. The fraction of sp³-hybridized carbons (Fsp3) is 0.280. The number of aromatic nitrogens is 1. The van der Waals surface area contributed by atoms with Gasteiger partial charge in [-0.3, -0.25) is 4.79 Å². The van der Waals surface area contributed by atoms with Crippen molar-refractivity contribution in [1.82, 2.24) is 4.98 Å². The minimum absolute atomic E-state index is 0.0259. The molecule has 0 bridgehead atoms. The Bertz CT molecular complexity index is 1050. The zero-order chi connectivity index (χ0) is 21.2.